The third-order valence-electron chi connectivity index (χ3n) is 3.75. The lowest BCUT2D eigenvalue weighted by Gasteiger charge is -2.16. The normalized spacial score (nSPS) is 15.3. The zero-order chi connectivity index (χ0) is 14.8. The maximum Gasteiger partial charge on any atom is 0.133 e. The summed E-state index contributed by atoms with van der Waals surface area (Å²) in [5.74, 6) is 1.82. The standard InChI is InChI=1S/C9H13N3S.C7H5Cl/c1-7-10-8(6-9(13)11-7)12-4-2-3-5-12;8-7-2-1-5-3-6(7)4-5/h6H,2-5H2,1H3,(H,10,11,13);1-3H,4H2. The van der Waals surface area contributed by atoms with Gasteiger partial charge in [0.1, 0.15) is 11.6 Å². The van der Waals surface area contributed by atoms with E-state index in [1.807, 2.05) is 19.1 Å². The fourth-order valence-electron chi connectivity index (χ4n) is 2.61. The molecule has 5 heteroatoms. The van der Waals surface area contributed by atoms with Crippen molar-refractivity contribution in [2.45, 2.75) is 31.2 Å². The predicted molar refractivity (Wildman–Crippen MR) is 89.7 cm³/mol. The molecule has 21 heavy (non-hydrogen) atoms. The summed E-state index contributed by atoms with van der Waals surface area (Å²) in [6.45, 7) is 4.13. The molecule has 1 aromatic heterocycles. The number of thiol groups is 1. The molecule has 2 aliphatic carbocycles. The highest BCUT2D eigenvalue weighted by molar-refractivity contribution is 7.80. The predicted octanol–water partition coefficient (Wildman–Crippen LogP) is 3.92. The number of benzene rings is 1. The van der Waals surface area contributed by atoms with Gasteiger partial charge in [0.2, 0.25) is 0 Å². The van der Waals surface area contributed by atoms with Crippen LogP contribution in [0.5, 0.6) is 0 Å². The van der Waals surface area contributed by atoms with Gasteiger partial charge in [-0.05, 0) is 43.4 Å². The van der Waals surface area contributed by atoms with Crippen LogP contribution in [0.4, 0.5) is 5.82 Å². The third kappa shape index (κ3) is 3.50. The van der Waals surface area contributed by atoms with Gasteiger partial charge in [-0.15, -0.1) is 12.6 Å². The smallest absolute Gasteiger partial charge is 0.133 e. The van der Waals surface area contributed by atoms with Gasteiger partial charge in [0, 0.05) is 24.2 Å². The highest BCUT2D eigenvalue weighted by Crippen LogP contribution is 2.28. The summed E-state index contributed by atoms with van der Waals surface area (Å²) in [6, 6.07) is 8.08. The van der Waals surface area contributed by atoms with Crippen LogP contribution in [0.3, 0.4) is 0 Å². The molecule has 0 atom stereocenters. The molecule has 3 nitrogen and oxygen atoms in total. The highest BCUT2D eigenvalue weighted by Gasteiger charge is 2.14. The molecule has 1 saturated heterocycles. The number of rotatable bonds is 1. The highest BCUT2D eigenvalue weighted by atomic mass is 35.5. The average Bonchev–Trinajstić information content (AvgIpc) is 2.91. The van der Waals surface area contributed by atoms with Gasteiger partial charge in [-0.25, -0.2) is 9.97 Å². The quantitative estimate of drug-likeness (QED) is 0.544. The first-order chi connectivity index (χ1) is 10.1. The molecule has 2 heterocycles. The van der Waals surface area contributed by atoms with Crippen molar-refractivity contribution in [2.75, 3.05) is 18.0 Å². The maximum atomic E-state index is 5.75. The molecular formula is C16H18ClN3S. The minimum atomic E-state index is 0.759. The van der Waals surface area contributed by atoms with Crippen molar-refractivity contribution in [2.24, 2.45) is 0 Å². The average molecular weight is 320 g/mol. The number of hydrogen-bond acceptors (Lipinski definition) is 4. The topological polar surface area (TPSA) is 29.0 Å². The molecule has 5 rings (SSSR count). The van der Waals surface area contributed by atoms with Crippen LogP contribution < -0.4 is 4.90 Å². The summed E-state index contributed by atoms with van der Waals surface area (Å²) in [6.07, 6.45) is 3.63. The number of fused-ring (bicyclic) bond motifs is 2. The Labute approximate surface area is 135 Å². The van der Waals surface area contributed by atoms with Gasteiger partial charge in [0.15, 0.2) is 0 Å². The zero-order valence-electron chi connectivity index (χ0n) is 12.0. The monoisotopic (exact) mass is 319 g/mol. The largest absolute Gasteiger partial charge is 0.356 e. The van der Waals surface area contributed by atoms with Crippen molar-refractivity contribution in [3.8, 4) is 0 Å². The fourth-order valence-corrected chi connectivity index (χ4v) is 3.05. The Morgan fingerprint density at radius 2 is 1.86 bits per heavy atom. The van der Waals surface area contributed by atoms with E-state index in [-0.39, 0.29) is 0 Å². The van der Waals surface area contributed by atoms with Crippen LogP contribution in [0.1, 0.15) is 29.8 Å². The van der Waals surface area contributed by atoms with Gasteiger partial charge in [-0.3, -0.25) is 0 Å². The van der Waals surface area contributed by atoms with E-state index in [1.165, 1.54) is 24.0 Å². The van der Waals surface area contributed by atoms with Crippen molar-refractivity contribution in [1.29, 1.82) is 0 Å². The van der Waals surface area contributed by atoms with Crippen molar-refractivity contribution in [3.05, 3.63) is 46.2 Å². The second-order valence-electron chi connectivity index (χ2n) is 5.43. The summed E-state index contributed by atoms with van der Waals surface area (Å²) < 4.78 is 0. The van der Waals surface area contributed by atoms with Gasteiger partial charge < -0.3 is 4.90 Å². The molecule has 0 saturated carbocycles. The number of aromatic nitrogens is 2. The van der Waals surface area contributed by atoms with Gasteiger partial charge in [-0.1, -0.05) is 23.7 Å². The molecule has 0 N–H and O–H groups in total. The summed E-state index contributed by atoms with van der Waals surface area (Å²) in [4.78, 5) is 10.8. The fraction of sp³-hybridized carbons (Fsp3) is 0.375. The van der Waals surface area contributed by atoms with E-state index in [9.17, 15) is 0 Å². The van der Waals surface area contributed by atoms with Crippen LogP contribution in [0.2, 0.25) is 5.02 Å². The molecule has 2 bridgehead atoms. The number of hydrogen-bond donors (Lipinski definition) is 1. The molecule has 0 radical (unpaired) electrons. The minimum Gasteiger partial charge on any atom is -0.356 e. The van der Waals surface area contributed by atoms with Gasteiger partial charge in [-0.2, -0.15) is 0 Å². The molecule has 3 aliphatic rings. The Morgan fingerprint density at radius 1 is 1.14 bits per heavy atom. The Hall–Kier alpha value is -1.26. The molecule has 0 unspecified atom stereocenters. The third-order valence-corrected chi connectivity index (χ3v) is 4.34. The van der Waals surface area contributed by atoms with Crippen LogP contribution in [-0.4, -0.2) is 23.1 Å². The van der Waals surface area contributed by atoms with Crippen LogP contribution in [-0.2, 0) is 6.42 Å². The van der Waals surface area contributed by atoms with E-state index in [0.29, 0.717) is 0 Å². The summed E-state index contributed by atoms with van der Waals surface area (Å²) >= 11 is 9.99. The number of anilines is 1. The zero-order valence-corrected chi connectivity index (χ0v) is 13.7. The van der Waals surface area contributed by atoms with Crippen molar-refractivity contribution < 1.29 is 0 Å². The molecule has 0 spiro atoms. The maximum absolute atomic E-state index is 5.75. The van der Waals surface area contributed by atoms with Crippen LogP contribution in [0.15, 0.2) is 29.3 Å². The van der Waals surface area contributed by atoms with Crippen molar-refractivity contribution in [3.63, 3.8) is 0 Å². The molecule has 110 valence electrons. The lowest BCUT2D eigenvalue weighted by Crippen LogP contribution is -2.19. The Kier molecular flexibility index (Phi) is 4.36. The number of aryl methyl sites for hydroxylation is 1. The summed E-state index contributed by atoms with van der Waals surface area (Å²) in [7, 11) is 0. The van der Waals surface area contributed by atoms with Crippen molar-refractivity contribution in [1.82, 2.24) is 9.97 Å². The molecule has 1 aliphatic heterocycles. The van der Waals surface area contributed by atoms with Gasteiger partial charge in [0.05, 0.1) is 5.03 Å². The van der Waals surface area contributed by atoms with Gasteiger partial charge >= 0.3 is 0 Å². The second-order valence-corrected chi connectivity index (χ2v) is 6.29. The molecule has 1 fully saturated rings. The van der Waals surface area contributed by atoms with Crippen LogP contribution in [0.25, 0.3) is 0 Å². The van der Waals surface area contributed by atoms with E-state index in [1.54, 1.807) is 0 Å². The Morgan fingerprint density at radius 3 is 2.33 bits per heavy atom. The number of halogens is 1. The minimum absolute atomic E-state index is 0.759. The molecular weight excluding hydrogens is 302 g/mol. The van der Waals surface area contributed by atoms with E-state index < -0.39 is 0 Å². The van der Waals surface area contributed by atoms with E-state index >= 15 is 0 Å². The lowest BCUT2D eigenvalue weighted by atomic mass is 9.94. The first kappa shape index (κ1) is 14.7. The Bertz CT molecular complexity index is 625. The van der Waals surface area contributed by atoms with E-state index in [2.05, 4.69) is 39.6 Å². The van der Waals surface area contributed by atoms with Crippen molar-refractivity contribution >= 4 is 30.0 Å². The SMILES string of the molecule is Cc1nc(S)cc(N2CCCC2)n1.Clc1ccc2cc1C2. The van der Waals surface area contributed by atoms with Crippen LogP contribution >= 0.6 is 24.2 Å². The molecule has 0 amide bonds. The van der Waals surface area contributed by atoms with Gasteiger partial charge in [0.25, 0.3) is 0 Å². The molecule has 2 aromatic rings. The lowest BCUT2D eigenvalue weighted by molar-refractivity contribution is 0.884. The van der Waals surface area contributed by atoms with Crippen LogP contribution in [0, 0.1) is 6.92 Å². The Balaban J connectivity index is 0.000000140. The second kappa shape index (κ2) is 6.24. The first-order valence-electron chi connectivity index (χ1n) is 7.19. The molecule has 1 aromatic carbocycles. The number of nitrogens with zero attached hydrogens (tertiary/aromatic N) is 3. The van der Waals surface area contributed by atoms with E-state index in [4.69, 9.17) is 11.6 Å². The first-order valence-corrected chi connectivity index (χ1v) is 8.01. The summed E-state index contributed by atoms with van der Waals surface area (Å²) in [5, 5.41) is 1.68. The van der Waals surface area contributed by atoms with E-state index in [0.717, 1.165) is 41.2 Å². The summed E-state index contributed by atoms with van der Waals surface area (Å²) in [5.41, 5.74) is 2.70.